The second-order valence-corrected chi connectivity index (χ2v) is 3.39. The van der Waals surface area contributed by atoms with E-state index in [2.05, 4.69) is 0 Å². The highest BCUT2D eigenvalue weighted by Gasteiger charge is 2.50. The van der Waals surface area contributed by atoms with Crippen LogP contribution in [0.3, 0.4) is 0 Å². The number of fused-ring (bicyclic) bond motifs is 2. The molecule has 2 saturated heterocycles. The molecule has 10 heavy (non-hydrogen) atoms. The Morgan fingerprint density at radius 2 is 1.50 bits per heavy atom. The van der Waals surface area contributed by atoms with Gasteiger partial charge in [0.1, 0.15) is 0 Å². The van der Waals surface area contributed by atoms with Crippen LogP contribution in [0.4, 0.5) is 0 Å². The maximum Gasteiger partial charge on any atom is 0.202 e. The van der Waals surface area contributed by atoms with Crippen LogP contribution >= 0.6 is 0 Å². The summed E-state index contributed by atoms with van der Waals surface area (Å²) in [5.41, 5.74) is 0. The molecule has 0 spiro atoms. The van der Waals surface area contributed by atoms with E-state index in [9.17, 15) is 0 Å². The van der Waals surface area contributed by atoms with E-state index in [0.29, 0.717) is 0 Å². The van der Waals surface area contributed by atoms with Gasteiger partial charge in [-0.05, 0) is 20.3 Å². The quantitative estimate of drug-likeness (QED) is 0.483. The average Bonchev–Trinajstić information content (AvgIpc) is 2.03. The zero-order valence-corrected chi connectivity index (χ0v) is 6.35. The molecule has 0 N–H and O–H groups in total. The Kier molecular flexibility index (Phi) is 1.14. The summed E-state index contributed by atoms with van der Waals surface area (Å²) in [5.74, 6) is -0.931. The molecule has 0 aromatic carbocycles. The summed E-state index contributed by atoms with van der Waals surface area (Å²) < 4.78 is 5.53. The fraction of sp³-hybridized carbons (Fsp3) is 1.00. The molecule has 2 bridgehead atoms. The lowest BCUT2D eigenvalue weighted by Crippen LogP contribution is -2.36. The SMILES string of the molecule is CC12CCCC(C)(OO1)O2. The van der Waals surface area contributed by atoms with Gasteiger partial charge in [0.2, 0.25) is 11.6 Å². The van der Waals surface area contributed by atoms with Crippen molar-refractivity contribution in [1.82, 2.24) is 0 Å². The van der Waals surface area contributed by atoms with Crippen LogP contribution in [0.25, 0.3) is 0 Å². The largest absolute Gasteiger partial charge is 0.313 e. The molecule has 2 rings (SSSR count). The van der Waals surface area contributed by atoms with Crippen molar-refractivity contribution in [2.24, 2.45) is 0 Å². The molecule has 2 unspecified atom stereocenters. The summed E-state index contributed by atoms with van der Waals surface area (Å²) in [5, 5.41) is 0. The molecule has 2 fully saturated rings. The van der Waals surface area contributed by atoms with Crippen LogP contribution in [-0.2, 0) is 14.5 Å². The summed E-state index contributed by atoms with van der Waals surface area (Å²) >= 11 is 0. The molecule has 0 aromatic heterocycles. The zero-order valence-electron chi connectivity index (χ0n) is 6.35. The fourth-order valence-corrected chi connectivity index (χ4v) is 1.58. The summed E-state index contributed by atoms with van der Waals surface area (Å²) in [7, 11) is 0. The molecule has 0 aliphatic carbocycles. The Morgan fingerprint density at radius 1 is 1.00 bits per heavy atom. The molecule has 0 saturated carbocycles. The minimum atomic E-state index is -0.465. The average molecular weight is 144 g/mol. The van der Waals surface area contributed by atoms with Gasteiger partial charge in [-0.2, -0.15) is 9.78 Å². The van der Waals surface area contributed by atoms with Crippen LogP contribution < -0.4 is 0 Å². The summed E-state index contributed by atoms with van der Waals surface area (Å²) in [4.78, 5) is 10.1. The number of ether oxygens (including phenoxy) is 1. The van der Waals surface area contributed by atoms with Crippen molar-refractivity contribution >= 4 is 0 Å². The topological polar surface area (TPSA) is 27.7 Å². The third-order valence-corrected chi connectivity index (χ3v) is 2.09. The molecule has 2 aliphatic rings. The van der Waals surface area contributed by atoms with Crippen molar-refractivity contribution < 1.29 is 14.5 Å². The third-order valence-electron chi connectivity index (χ3n) is 2.09. The predicted octanol–water partition coefficient (Wildman–Crippen LogP) is 1.58. The molecule has 0 radical (unpaired) electrons. The van der Waals surface area contributed by atoms with E-state index in [1.54, 1.807) is 0 Å². The van der Waals surface area contributed by atoms with E-state index in [1.807, 2.05) is 13.8 Å². The van der Waals surface area contributed by atoms with Gasteiger partial charge < -0.3 is 4.74 Å². The molecule has 0 aromatic rings. The lowest BCUT2D eigenvalue weighted by atomic mass is 10.0. The first-order chi connectivity index (χ1) is 4.62. The number of hydrogen-bond acceptors (Lipinski definition) is 3. The Hall–Kier alpha value is -0.120. The van der Waals surface area contributed by atoms with Crippen molar-refractivity contribution in [2.75, 3.05) is 0 Å². The zero-order chi connectivity index (χ0) is 7.24. The first-order valence-electron chi connectivity index (χ1n) is 3.69. The Balaban J connectivity index is 2.20. The summed E-state index contributed by atoms with van der Waals surface area (Å²) in [6.45, 7) is 3.83. The summed E-state index contributed by atoms with van der Waals surface area (Å²) in [6, 6.07) is 0. The molecular weight excluding hydrogens is 132 g/mol. The highest BCUT2D eigenvalue weighted by atomic mass is 17.3. The minimum absolute atomic E-state index is 0.465. The molecule has 3 nitrogen and oxygen atoms in total. The van der Waals surface area contributed by atoms with Crippen LogP contribution in [-0.4, -0.2) is 11.6 Å². The second kappa shape index (κ2) is 1.72. The Labute approximate surface area is 60.2 Å². The number of hydrogen-bond donors (Lipinski definition) is 0. The molecule has 0 amide bonds. The van der Waals surface area contributed by atoms with Crippen LogP contribution in [0.1, 0.15) is 33.1 Å². The van der Waals surface area contributed by atoms with Gasteiger partial charge in [-0.1, -0.05) is 0 Å². The predicted molar refractivity (Wildman–Crippen MR) is 33.9 cm³/mol. The van der Waals surface area contributed by atoms with Gasteiger partial charge in [-0.3, -0.25) is 0 Å². The van der Waals surface area contributed by atoms with E-state index in [1.165, 1.54) is 0 Å². The van der Waals surface area contributed by atoms with Crippen molar-refractivity contribution in [3.8, 4) is 0 Å². The van der Waals surface area contributed by atoms with Gasteiger partial charge in [0.25, 0.3) is 0 Å². The van der Waals surface area contributed by atoms with Gasteiger partial charge in [-0.25, -0.2) is 0 Å². The monoisotopic (exact) mass is 144 g/mol. The highest BCUT2D eigenvalue weighted by Crippen LogP contribution is 2.43. The van der Waals surface area contributed by atoms with Gasteiger partial charge in [0.05, 0.1) is 0 Å². The molecule has 3 heteroatoms. The van der Waals surface area contributed by atoms with E-state index in [0.717, 1.165) is 19.3 Å². The molecule has 2 atom stereocenters. The highest BCUT2D eigenvalue weighted by molar-refractivity contribution is 4.79. The maximum atomic E-state index is 5.53. The van der Waals surface area contributed by atoms with Crippen molar-refractivity contribution in [1.29, 1.82) is 0 Å². The maximum absolute atomic E-state index is 5.53. The van der Waals surface area contributed by atoms with Crippen molar-refractivity contribution in [3.63, 3.8) is 0 Å². The molecule has 58 valence electrons. The number of rotatable bonds is 0. The van der Waals surface area contributed by atoms with Gasteiger partial charge in [0.15, 0.2) is 0 Å². The Bertz CT molecular complexity index is 143. The smallest absolute Gasteiger partial charge is 0.202 e. The van der Waals surface area contributed by atoms with Crippen LogP contribution in [0.15, 0.2) is 0 Å². The fourth-order valence-electron chi connectivity index (χ4n) is 1.58. The van der Waals surface area contributed by atoms with Crippen molar-refractivity contribution in [3.05, 3.63) is 0 Å². The third kappa shape index (κ3) is 0.856. The standard InChI is InChI=1S/C7H12O3/c1-6-4-3-5-7(2,8-6)10-9-6/h3-5H2,1-2H3. The Morgan fingerprint density at radius 3 is 1.90 bits per heavy atom. The molecule has 2 heterocycles. The van der Waals surface area contributed by atoms with Gasteiger partial charge in [0, 0.05) is 12.8 Å². The lowest BCUT2D eigenvalue weighted by molar-refractivity contribution is -0.337. The van der Waals surface area contributed by atoms with Crippen LogP contribution in [0, 0.1) is 0 Å². The normalized spacial score (nSPS) is 53.4. The minimum Gasteiger partial charge on any atom is -0.313 e. The molecule has 2 aliphatic heterocycles. The van der Waals surface area contributed by atoms with Gasteiger partial charge in [-0.15, -0.1) is 0 Å². The van der Waals surface area contributed by atoms with E-state index in [4.69, 9.17) is 14.5 Å². The van der Waals surface area contributed by atoms with Crippen LogP contribution in [0.2, 0.25) is 0 Å². The second-order valence-electron chi connectivity index (χ2n) is 3.39. The first-order valence-corrected chi connectivity index (χ1v) is 3.69. The van der Waals surface area contributed by atoms with E-state index in [-0.39, 0.29) is 0 Å². The van der Waals surface area contributed by atoms with Crippen molar-refractivity contribution in [2.45, 2.75) is 44.7 Å². The van der Waals surface area contributed by atoms with Gasteiger partial charge >= 0.3 is 0 Å². The summed E-state index contributed by atoms with van der Waals surface area (Å²) in [6.07, 6.45) is 2.98. The van der Waals surface area contributed by atoms with Crippen LogP contribution in [0.5, 0.6) is 0 Å². The lowest BCUT2D eigenvalue weighted by Gasteiger charge is -2.29. The van der Waals surface area contributed by atoms with E-state index >= 15 is 0 Å². The first kappa shape index (κ1) is 6.58. The molecular formula is C7H12O3. The van der Waals surface area contributed by atoms with E-state index < -0.39 is 11.6 Å².